The van der Waals surface area contributed by atoms with Crippen LogP contribution in [0.4, 0.5) is 13.2 Å². The van der Waals surface area contributed by atoms with Crippen LogP contribution in [0, 0.1) is 0 Å². The molecule has 86 valence electrons. The van der Waals surface area contributed by atoms with Crippen molar-refractivity contribution in [3.63, 3.8) is 0 Å². The Morgan fingerprint density at radius 1 is 1.33 bits per heavy atom. The topological polar surface area (TPSA) is 26.0 Å². The summed E-state index contributed by atoms with van der Waals surface area (Å²) in [5.41, 5.74) is 5.51. The summed E-state index contributed by atoms with van der Waals surface area (Å²) in [5.74, 6) is 0. The molecule has 15 heavy (non-hydrogen) atoms. The van der Waals surface area contributed by atoms with Crippen LogP contribution in [0.1, 0.15) is 18.1 Å². The van der Waals surface area contributed by atoms with Crippen molar-refractivity contribution < 1.29 is 13.2 Å². The third kappa shape index (κ3) is 4.66. The normalized spacial score (nSPS) is 13.1. The number of hydrogen-bond acceptors (Lipinski definition) is 1. The van der Waals surface area contributed by atoms with Gasteiger partial charge in [-0.15, -0.1) is 17.0 Å². The summed E-state index contributed by atoms with van der Waals surface area (Å²) in [7, 11) is 0. The Kier molecular flexibility index (Phi) is 5.31. The van der Waals surface area contributed by atoms with Gasteiger partial charge >= 0.3 is 6.18 Å². The monoisotopic (exact) mass is 283 g/mol. The zero-order valence-electron chi connectivity index (χ0n) is 8.21. The number of halogens is 4. The Morgan fingerprint density at radius 3 is 2.40 bits per heavy atom. The Hall–Kier alpha value is -0.550. The van der Waals surface area contributed by atoms with E-state index in [9.17, 15) is 13.2 Å². The lowest BCUT2D eigenvalue weighted by molar-refractivity contribution is -0.137. The van der Waals surface area contributed by atoms with Crippen LogP contribution >= 0.6 is 17.0 Å². The van der Waals surface area contributed by atoms with Gasteiger partial charge in [-0.1, -0.05) is 18.2 Å². The Morgan fingerprint density at radius 2 is 1.93 bits per heavy atom. The van der Waals surface area contributed by atoms with Gasteiger partial charge in [-0.3, -0.25) is 0 Å². The van der Waals surface area contributed by atoms with E-state index in [1.54, 1.807) is 13.0 Å². The van der Waals surface area contributed by atoms with Gasteiger partial charge in [-0.2, -0.15) is 13.2 Å². The molecule has 0 bridgehead atoms. The number of benzene rings is 1. The minimum atomic E-state index is -4.27. The molecule has 0 radical (unpaired) electrons. The van der Waals surface area contributed by atoms with Crippen molar-refractivity contribution in [2.75, 3.05) is 0 Å². The number of rotatable bonds is 2. The molecule has 0 heterocycles. The first kappa shape index (κ1) is 14.5. The second-order valence-corrected chi connectivity index (χ2v) is 3.38. The minimum absolute atomic E-state index is 0. The number of alkyl halides is 3. The van der Waals surface area contributed by atoms with E-state index >= 15 is 0 Å². The number of nitrogens with two attached hydrogens (primary N) is 1. The molecule has 0 saturated carbocycles. The van der Waals surface area contributed by atoms with E-state index in [-0.39, 0.29) is 23.0 Å². The SMILES string of the molecule is Br.CC(N)Cc1cccc(C(F)(F)F)c1. The van der Waals surface area contributed by atoms with Crippen LogP contribution in [-0.4, -0.2) is 6.04 Å². The highest BCUT2D eigenvalue weighted by atomic mass is 79.9. The summed E-state index contributed by atoms with van der Waals surface area (Å²) < 4.78 is 36.8. The van der Waals surface area contributed by atoms with Crippen molar-refractivity contribution >= 4 is 17.0 Å². The smallest absolute Gasteiger partial charge is 0.328 e. The lowest BCUT2D eigenvalue weighted by atomic mass is 10.0. The summed E-state index contributed by atoms with van der Waals surface area (Å²) in [6.07, 6.45) is -3.81. The van der Waals surface area contributed by atoms with Gasteiger partial charge in [0, 0.05) is 6.04 Å². The first-order valence-electron chi connectivity index (χ1n) is 4.31. The third-order valence-corrected chi connectivity index (χ3v) is 1.81. The van der Waals surface area contributed by atoms with Crippen LogP contribution in [-0.2, 0) is 12.6 Å². The minimum Gasteiger partial charge on any atom is -0.328 e. The lowest BCUT2D eigenvalue weighted by Crippen LogP contribution is -2.18. The van der Waals surface area contributed by atoms with Crippen molar-refractivity contribution in [3.05, 3.63) is 35.4 Å². The molecular formula is C10H13BrF3N. The van der Waals surface area contributed by atoms with Crippen LogP contribution < -0.4 is 5.73 Å². The molecule has 0 aromatic heterocycles. The molecule has 0 aliphatic carbocycles. The molecule has 0 amide bonds. The molecule has 1 unspecified atom stereocenters. The summed E-state index contributed by atoms with van der Waals surface area (Å²) in [6, 6.07) is 5.13. The molecule has 1 nitrogen and oxygen atoms in total. The Balaban J connectivity index is 0.00000196. The van der Waals surface area contributed by atoms with Crippen LogP contribution in [0.5, 0.6) is 0 Å². The average molecular weight is 284 g/mol. The van der Waals surface area contributed by atoms with Gasteiger partial charge in [0.2, 0.25) is 0 Å². The fourth-order valence-electron chi connectivity index (χ4n) is 1.25. The van der Waals surface area contributed by atoms with Gasteiger partial charge in [-0.05, 0) is 25.0 Å². The van der Waals surface area contributed by atoms with Crippen molar-refractivity contribution in [3.8, 4) is 0 Å². The third-order valence-electron chi connectivity index (χ3n) is 1.81. The van der Waals surface area contributed by atoms with E-state index in [0.717, 1.165) is 12.1 Å². The fraction of sp³-hybridized carbons (Fsp3) is 0.400. The lowest BCUT2D eigenvalue weighted by Gasteiger charge is -2.09. The van der Waals surface area contributed by atoms with Crippen molar-refractivity contribution in [1.29, 1.82) is 0 Å². The van der Waals surface area contributed by atoms with Crippen molar-refractivity contribution in [2.24, 2.45) is 5.73 Å². The summed E-state index contributed by atoms with van der Waals surface area (Å²) >= 11 is 0. The highest BCUT2D eigenvalue weighted by Crippen LogP contribution is 2.29. The van der Waals surface area contributed by atoms with Gasteiger partial charge in [0.15, 0.2) is 0 Å². The molecule has 1 atom stereocenters. The Bertz CT molecular complexity index is 310. The van der Waals surface area contributed by atoms with E-state index in [1.807, 2.05) is 0 Å². The van der Waals surface area contributed by atoms with Crippen molar-refractivity contribution in [1.82, 2.24) is 0 Å². The fourth-order valence-corrected chi connectivity index (χ4v) is 1.25. The quantitative estimate of drug-likeness (QED) is 0.887. The summed E-state index contributed by atoms with van der Waals surface area (Å²) in [4.78, 5) is 0. The highest BCUT2D eigenvalue weighted by Gasteiger charge is 2.30. The highest BCUT2D eigenvalue weighted by molar-refractivity contribution is 8.93. The van der Waals surface area contributed by atoms with Crippen molar-refractivity contribution in [2.45, 2.75) is 25.6 Å². The van der Waals surface area contributed by atoms with Crippen LogP contribution in [0.2, 0.25) is 0 Å². The molecule has 0 aliphatic rings. The maximum Gasteiger partial charge on any atom is 0.416 e. The average Bonchev–Trinajstić information content (AvgIpc) is 2.01. The second-order valence-electron chi connectivity index (χ2n) is 3.38. The van der Waals surface area contributed by atoms with Crippen LogP contribution in [0.3, 0.4) is 0 Å². The molecule has 0 aliphatic heterocycles. The summed E-state index contributed by atoms with van der Waals surface area (Å²) in [5, 5.41) is 0. The van der Waals surface area contributed by atoms with E-state index < -0.39 is 11.7 Å². The van der Waals surface area contributed by atoms with Gasteiger partial charge in [-0.25, -0.2) is 0 Å². The molecule has 1 aromatic carbocycles. The van der Waals surface area contributed by atoms with Gasteiger partial charge in [0.05, 0.1) is 5.56 Å². The van der Waals surface area contributed by atoms with E-state index in [4.69, 9.17) is 5.73 Å². The second kappa shape index (κ2) is 5.51. The molecule has 2 N–H and O–H groups in total. The first-order valence-corrected chi connectivity index (χ1v) is 4.31. The molecule has 5 heteroatoms. The molecule has 1 rings (SSSR count). The van der Waals surface area contributed by atoms with Gasteiger partial charge in [0.1, 0.15) is 0 Å². The molecule has 0 fully saturated rings. The van der Waals surface area contributed by atoms with Gasteiger partial charge in [0.25, 0.3) is 0 Å². The van der Waals surface area contributed by atoms with Crippen LogP contribution in [0.15, 0.2) is 24.3 Å². The molecule has 0 saturated heterocycles. The Labute approximate surface area is 97.2 Å². The maximum atomic E-state index is 12.3. The molecule has 0 spiro atoms. The number of hydrogen-bond donors (Lipinski definition) is 1. The summed E-state index contributed by atoms with van der Waals surface area (Å²) in [6.45, 7) is 1.76. The molecule has 1 aromatic rings. The first-order chi connectivity index (χ1) is 6.39. The molecular weight excluding hydrogens is 271 g/mol. The van der Waals surface area contributed by atoms with E-state index in [1.165, 1.54) is 6.07 Å². The van der Waals surface area contributed by atoms with E-state index in [2.05, 4.69) is 0 Å². The van der Waals surface area contributed by atoms with E-state index in [0.29, 0.717) is 12.0 Å². The maximum absolute atomic E-state index is 12.3. The zero-order chi connectivity index (χ0) is 10.8. The zero-order valence-corrected chi connectivity index (χ0v) is 9.93. The predicted octanol–water partition coefficient (Wildman–Crippen LogP) is 3.17. The standard InChI is InChI=1S/C10H12F3N.BrH/c1-7(14)5-8-3-2-4-9(6-8)10(11,12)13;/h2-4,6-7H,5,14H2,1H3;1H. The largest absolute Gasteiger partial charge is 0.416 e. The van der Waals surface area contributed by atoms with Gasteiger partial charge < -0.3 is 5.73 Å². The van der Waals surface area contributed by atoms with Crippen LogP contribution in [0.25, 0.3) is 0 Å². The predicted molar refractivity (Wildman–Crippen MR) is 59.1 cm³/mol.